The van der Waals surface area contributed by atoms with Crippen LogP contribution in [0, 0.1) is 16.2 Å². The van der Waals surface area contributed by atoms with E-state index in [0.29, 0.717) is 20.8 Å². The summed E-state index contributed by atoms with van der Waals surface area (Å²) in [7, 11) is 0. The molecule has 0 bridgehead atoms. The Morgan fingerprint density at radius 3 is 2.06 bits per heavy atom. The highest BCUT2D eigenvalue weighted by Crippen LogP contribution is 2.22. The van der Waals surface area contributed by atoms with Gasteiger partial charge in [-0.3, -0.25) is 0 Å². The number of hydrogen-bond acceptors (Lipinski definition) is 2. The van der Waals surface area contributed by atoms with Crippen LogP contribution in [0.15, 0.2) is 24.3 Å². The highest BCUT2D eigenvalue weighted by atomic mass is 19.1. The molecule has 90 valence electrons. The van der Waals surface area contributed by atoms with E-state index in [1.165, 1.54) is 31.2 Å². The van der Waals surface area contributed by atoms with Gasteiger partial charge in [-0.05, 0) is 24.3 Å². The maximum absolute atomic E-state index is 12.8. The van der Waals surface area contributed by atoms with Gasteiger partial charge in [0.25, 0.3) is 11.3 Å². The number of nitrogens with zero attached hydrogens (tertiary/aromatic N) is 2. The van der Waals surface area contributed by atoms with E-state index in [9.17, 15) is 14.8 Å². The minimum Gasteiger partial charge on any atom is -0.619 e. The molecule has 0 unspecified atom stereocenters. The summed E-state index contributed by atoms with van der Waals surface area (Å²) in [5.74, 6) is -0.281. The summed E-state index contributed by atoms with van der Waals surface area (Å²) in [4.78, 5) is 0. The molecule has 1 aliphatic rings. The Balaban J connectivity index is 2.58. The van der Waals surface area contributed by atoms with Crippen molar-refractivity contribution in [3.05, 3.63) is 46.1 Å². The molecule has 17 heavy (non-hydrogen) atoms. The van der Waals surface area contributed by atoms with Crippen LogP contribution in [0.4, 0.5) is 4.39 Å². The van der Waals surface area contributed by atoms with Crippen LogP contribution in [0.25, 0.3) is 0 Å². The number of hydrogen-bond donors (Lipinski definition) is 0. The zero-order valence-corrected chi connectivity index (χ0v) is 9.90. The van der Waals surface area contributed by atoms with E-state index >= 15 is 0 Å². The Kier molecular flexibility index (Phi) is 2.41. The molecule has 1 aromatic rings. The van der Waals surface area contributed by atoms with Crippen LogP contribution in [0.2, 0.25) is 0 Å². The second kappa shape index (κ2) is 3.55. The predicted octanol–water partition coefficient (Wildman–Crippen LogP) is 1.85. The molecule has 0 fully saturated rings. The molecule has 0 radical (unpaired) electrons. The Morgan fingerprint density at radius 2 is 1.65 bits per heavy atom. The summed E-state index contributed by atoms with van der Waals surface area (Å²) in [6.07, 6.45) is 0. The SMILES string of the molecule is CC1=[N+]([O-])C(C)(C)C(c2ccc(F)cc2)=[N+]1[O-]. The molecule has 0 aliphatic carbocycles. The van der Waals surface area contributed by atoms with Gasteiger partial charge in [-0.2, -0.15) is 0 Å². The van der Waals surface area contributed by atoms with E-state index in [1.54, 1.807) is 13.8 Å². The molecule has 1 aromatic carbocycles. The van der Waals surface area contributed by atoms with E-state index in [0.717, 1.165) is 0 Å². The lowest BCUT2D eigenvalue weighted by molar-refractivity contribution is -0.532. The van der Waals surface area contributed by atoms with Gasteiger partial charge < -0.3 is 10.4 Å². The number of rotatable bonds is 1. The first-order valence-corrected chi connectivity index (χ1v) is 5.27. The standard InChI is InChI=1S/C12H13FN2O2/c1-8-14(16)11(12(2,3)15(8)17)9-4-6-10(13)7-5-9/h4-7H,1-3H3. The summed E-state index contributed by atoms with van der Waals surface area (Å²) >= 11 is 0. The molecule has 0 atom stereocenters. The summed E-state index contributed by atoms with van der Waals surface area (Å²) in [6, 6.07) is 5.55. The van der Waals surface area contributed by atoms with Crippen molar-refractivity contribution in [3.8, 4) is 0 Å². The van der Waals surface area contributed by atoms with Crippen LogP contribution in [0.1, 0.15) is 26.3 Å². The number of hydroxylamine groups is 2. The number of halogens is 1. The zero-order valence-electron chi connectivity index (χ0n) is 9.90. The van der Waals surface area contributed by atoms with Crippen LogP contribution in [-0.4, -0.2) is 26.6 Å². The van der Waals surface area contributed by atoms with Crippen LogP contribution in [0.5, 0.6) is 0 Å². The van der Waals surface area contributed by atoms with Gasteiger partial charge in [0.15, 0.2) is 0 Å². The van der Waals surface area contributed by atoms with Crippen LogP contribution in [0.3, 0.4) is 0 Å². The molecular formula is C12H13FN2O2. The van der Waals surface area contributed by atoms with Crippen molar-refractivity contribution < 1.29 is 13.9 Å². The fraction of sp³-hybridized carbons (Fsp3) is 0.333. The highest BCUT2D eigenvalue weighted by Gasteiger charge is 2.50. The monoisotopic (exact) mass is 236 g/mol. The Hall–Kier alpha value is -1.91. The lowest BCUT2D eigenvalue weighted by atomic mass is 9.93. The first-order valence-electron chi connectivity index (χ1n) is 5.27. The Bertz CT molecular complexity index is 530. The first kappa shape index (κ1) is 11.6. The normalized spacial score (nSPS) is 19.1. The van der Waals surface area contributed by atoms with E-state index in [4.69, 9.17) is 0 Å². The number of benzene rings is 1. The van der Waals surface area contributed by atoms with Gasteiger partial charge >= 0.3 is 5.84 Å². The predicted molar refractivity (Wildman–Crippen MR) is 62.5 cm³/mol. The lowest BCUT2D eigenvalue weighted by Gasteiger charge is -2.15. The molecule has 4 nitrogen and oxygen atoms in total. The minimum atomic E-state index is -0.941. The summed E-state index contributed by atoms with van der Waals surface area (Å²) in [5, 5.41) is 23.8. The molecule has 0 saturated carbocycles. The van der Waals surface area contributed by atoms with Crippen molar-refractivity contribution in [1.29, 1.82) is 0 Å². The molecule has 0 spiro atoms. The van der Waals surface area contributed by atoms with Gasteiger partial charge in [0.1, 0.15) is 5.82 Å². The van der Waals surface area contributed by atoms with Gasteiger partial charge in [-0.15, -0.1) is 9.48 Å². The van der Waals surface area contributed by atoms with E-state index in [1.807, 2.05) is 0 Å². The van der Waals surface area contributed by atoms with Gasteiger partial charge in [-0.25, -0.2) is 4.39 Å². The van der Waals surface area contributed by atoms with Crippen molar-refractivity contribution in [2.24, 2.45) is 0 Å². The third-order valence-electron chi connectivity index (χ3n) is 3.00. The fourth-order valence-electron chi connectivity index (χ4n) is 2.07. The summed E-state index contributed by atoms with van der Waals surface area (Å²) < 4.78 is 14.1. The van der Waals surface area contributed by atoms with Crippen molar-refractivity contribution in [3.63, 3.8) is 0 Å². The van der Waals surface area contributed by atoms with Crippen molar-refractivity contribution in [1.82, 2.24) is 0 Å². The Labute approximate surface area is 98.5 Å². The Morgan fingerprint density at radius 1 is 1.12 bits per heavy atom. The zero-order chi connectivity index (χ0) is 12.8. The third-order valence-corrected chi connectivity index (χ3v) is 3.00. The van der Waals surface area contributed by atoms with Gasteiger partial charge in [-0.1, -0.05) is 0 Å². The molecule has 1 aliphatic heterocycles. The minimum absolute atomic E-state index is 0.0920. The first-order chi connectivity index (χ1) is 7.85. The molecule has 2 rings (SSSR count). The molecular weight excluding hydrogens is 223 g/mol. The second-order valence-electron chi connectivity index (χ2n) is 4.55. The fourth-order valence-corrected chi connectivity index (χ4v) is 2.07. The molecule has 0 aromatic heterocycles. The van der Waals surface area contributed by atoms with Crippen LogP contribution in [-0.2, 0) is 0 Å². The summed E-state index contributed by atoms with van der Waals surface area (Å²) in [5.41, 5.74) is -0.0435. The van der Waals surface area contributed by atoms with Gasteiger partial charge in [0.2, 0.25) is 0 Å². The van der Waals surface area contributed by atoms with Gasteiger partial charge in [0, 0.05) is 13.8 Å². The van der Waals surface area contributed by atoms with E-state index < -0.39 is 5.54 Å². The van der Waals surface area contributed by atoms with Gasteiger partial charge in [0.05, 0.1) is 12.5 Å². The van der Waals surface area contributed by atoms with E-state index in [2.05, 4.69) is 0 Å². The quantitative estimate of drug-likeness (QED) is 0.552. The smallest absolute Gasteiger partial charge is 0.433 e. The molecule has 0 amide bonds. The van der Waals surface area contributed by atoms with Crippen molar-refractivity contribution >= 4 is 11.5 Å². The van der Waals surface area contributed by atoms with Crippen LogP contribution < -0.4 is 0 Å². The molecule has 1 heterocycles. The largest absolute Gasteiger partial charge is 0.619 e. The number of amidine groups is 1. The average Bonchev–Trinajstić information content (AvgIpc) is 2.42. The third kappa shape index (κ3) is 1.58. The topological polar surface area (TPSA) is 52.1 Å². The molecule has 5 heteroatoms. The second-order valence-corrected chi connectivity index (χ2v) is 4.55. The summed E-state index contributed by atoms with van der Waals surface area (Å²) in [6.45, 7) is 4.80. The maximum Gasteiger partial charge on any atom is 0.433 e. The molecule has 0 saturated heterocycles. The van der Waals surface area contributed by atoms with Crippen molar-refractivity contribution in [2.75, 3.05) is 0 Å². The lowest BCUT2D eigenvalue weighted by Crippen LogP contribution is -2.39. The van der Waals surface area contributed by atoms with Crippen molar-refractivity contribution in [2.45, 2.75) is 26.3 Å². The molecule has 0 N–H and O–H groups in total. The highest BCUT2D eigenvalue weighted by molar-refractivity contribution is 6.06. The van der Waals surface area contributed by atoms with E-state index in [-0.39, 0.29) is 11.7 Å². The maximum atomic E-state index is 12.8. The van der Waals surface area contributed by atoms with Crippen LogP contribution >= 0.6 is 0 Å². The average molecular weight is 236 g/mol.